The molecule has 0 bridgehead atoms. The number of carbonyl (C=O) groups excluding carboxylic acids is 1. The number of H-pyrrole nitrogens is 1. The van der Waals surface area contributed by atoms with E-state index >= 15 is 0 Å². The van der Waals surface area contributed by atoms with Crippen molar-refractivity contribution in [3.8, 4) is 22.5 Å². The van der Waals surface area contributed by atoms with Gasteiger partial charge in [-0.15, -0.1) is 0 Å². The molecule has 0 fully saturated rings. The fraction of sp³-hybridized carbons (Fsp3) is 0.148. The number of anilines is 1. The second-order valence-corrected chi connectivity index (χ2v) is 11.3. The van der Waals surface area contributed by atoms with Crippen molar-refractivity contribution < 1.29 is 44.3 Å². The Morgan fingerprint density at radius 2 is 1.40 bits per heavy atom. The standard InChI is InChI=1S/C14H10F3N5O4S.C13H10F3N3O2/c1-27(25,26)21-22-12(23)8-4-7(11-6-18-2-3-19-11)9(14(15,16)17)5-10(8)20-13(22)24;1-21-12(20)8-4-7(11-6-18-2-3-19-11)9(5-10(8)17)13(14,15)16/h2-6,21H,1H3,(H,20,24);2-6H,17H2,1H3. The number of carbonyl (C=O) groups is 1. The molecule has 5 rings (SSSR count). The zero-order valence-electron chi connectivity index (χ0n) is 24.2. The molecule has 4 N–H and O–H groups in total. The molecule has 3 aromatic heterocycles. The summed E-state index contributed by atoms with van der Waals surface area (Å²) in [6, 6.07) is 3.16. The van der Waals surface area contributed by atoms with E-state index in [9.17, 15) is 49.1 Å². The minimum Gasteiger partial charge on any atom is -0.465 e. The molecule has 0 atom stereocenters. The van der Waals surface area contributed by atoms with E-state index < -0.39 is 61.8 Å². The quantitative estimate of drug-likeness (QED) is 0.138. The highest BCUT2D eigenvalue weighted by Gasteiger charge is 2.36. The minimum atomic E-state index is -4.81. The van der Waals surface area contributed by atoms with Gasteiger partial charge in [0.25, 0.3) is 5.56 Å². The number of fused-ring (bicyclic) bond motifs is 1. The fourth-order valence-corrected chi connectivity index (χ4v) is 4.68. The van der Waals surface area contributed by atoms with Crippen LogP contribution in [0.1, 0.15) is 21.5 Å². The first-order valence-electron chi connectivity index (χ1n) is 12.8. The van der Waals surface area contributed by atoms with Gasteiger partial charge in [0, 0.05) is 41.6 Å². The third kappa shape index (κ3) is 7.74. The van der Waals surface area contributed by atoms with Crippen LogP contribution in [0.15, 0.2) is 71.0 Å². The maximum atomic E-state index is 13.4. The van der Waals surface area contributed by atoms with Crippen molar-refractivity contribution in [2.75, 3.05) is 23.9 Å². The van der Waals surface area contributed by atoms with Crippen molar-refractivity contribution in [1.29, 1.82) is 0 Å². The van der Waals surface area contributed by atoms with E-state index in [4.69, 9.17) is 5.73 Å². The van der Waals surface area contributed by atoms with Crippen LogP contribution < -0.4 is 21.8 Å². The van der Waals surface area contributed by atoms with Gasteiger partial charge in [-0.2, -0.15) is 31.0 Å². The van der Waals surface area contributed by atoms with Gasteiger partial charge in [0.15, 0.2) is 0 Å². The number of methoxy groups -OCH3 is 1. The molecule has 0 amide bonds. The molecule has 252 valence electrons. The third-order valence-corrected chi connectivity index (χ3v) is 6.69. The first-order chi connectivity index (χ1) is 22.3. The molecule has 0 aliphatic carbocycles. The van der Waals surface area contributed by atoms with Crippen LogP contribution in [0, 0.1) is 0 Å². The van der Waals surface area contributed by atoms with Crippen molar-refractivity contribution >= 4 is 32.6 Å². The zero-order valence-corrected chi connectivity index (χ0v) is 25.0. The molecule has 0 aliphatic heterocycles. The van der Waals surface area contributed by atoms with Gasteiger partial charge < -0.3 is 15.5 Å². The van der Waals surface area contributed by atoms with Gasteiger partial charge in [-0.05, 0) is 24.3 Å². The lowest BCUT2D eigenvalue weighted by Crippen LogP contribution is -2.43. The van der Waals surface area contributed by atoms with Crippen LogP contribution >= 0.6 is 0 Å². The first-order valence-corrected chi connectivity index (χ1v) is 14.7. The number of aromatic amines is 1. The number of hydrogen-bond acceptors (Lipinski definition) is 11. The topological polar surface area (TPSA) is 205 Å². The number of hydrogen-bond donors (Lipinski definition) is 3. The van der Waals surface area contributed by atoms with E-state index in [1.54, 1.807) is 4.83 Å². The Kier molecular flexibility index (Phi) is 9.55. The monoisotopic (exact) mass is 698 g/mol. The lowest BCUT2D eigenvalue weighted by molar-refractivity contribution is -0.137. The highest BCUT2D eigenvalue weighted by Crippen LogP contribution is 2.39. The summed E-state index contributed by atoms with van der Waals surface area (Å²) in [6.07, 6.45) is -1.47. The first kappa shape index (κ1) is 35.0. The Morgan fingerprint density at radius 1 is 0.875 bits per heavy atom. The predicted molar refractivity (Wildman–Crippen MR) is 157 cm³/mol. The number of nitrogen functional groups attached to an aromatic ring is 1. The SMILES string of the molecule is COC(=O)c1cc(-c2cnccn2)c(C(F)(F)F)cc1N.CS(=O)(=O)Nn1c(=O)[nH]c2cc(C(F)(F)F)c(-c3cnccn3)cc2c1=O. The summed E-state index contributed by atoms with van der Waals surface area (Å²) >= 11 is 0. The molecule has 0 unspecified atom stereocenters. The Morgan fingerprint density at radius 3 is 1.85 bits per heavy atom. The van der Waals surface area contributed by atoms with Crippen LogP contribution in [0.3, 0.4) is 0 Å². The van der Waals surface area contributed by atoms with Crippen LogP contribution in [0.2, 0.25) is 0 Å². The number of halogens is 6. The average Bonchev–Trinajstić information content (AvgIpc) is 3.02. The van der Waals surface area contributed by atoms with Gasteiger partial charge in [-0.3, -0.25) is 24.7 Å². The number of nitrogens with zero attached hydrogens (tertiary/aromatic N) is 5. The minimum absolute atomic E-state index is 0.0185. The van der Waals surface area contributed by atoms with E-state index in [1.807, 2.05) is 0 Å². The van der Waals surface area contributed by atoms with Gasteiger partial charge >= 0.3 is 24.0 Å². The third-order valence-electron chi connectivity index (χ3n) is 6.18. The summed E-state index contributed by atoms with van der Waals surface area (Å²) < 4.78 is 107. The highest BCUT2D eigenvalue weighted by molar-refractivity contribution is 7.91. The van der Waals surface area contributed by atoms with E-state index in [1.165, 1.54) is 31.0 Å². The number of aromatic nitrogens is 6. The molecule has 0 saturated heterocycles. The molecular formula is C27H20F6N8O6S. The number of nitrogens with one attached hydrogen (secondary N) is 2. The van der Waals surface area contributed by atoms with Crippen LogP contribution in [-0.4, -0.2) is 57.3 Å². The van der Waals surface area contributed by atoms with Crippen molar-refractivity contribution in [1.82, 2.24) is 29.6 Å². The van der Waals surface area contributed by atoms with E-state index in [0.717, 1.165) is 25.4 Å². The molecule has 5 aromatic rings. The molecule has 21 heteroatoms. The summed E-state index contributed by atoms with van der Waals surface area (Å²) in [6.45, 7) is 0. The van der Waals surface area contributed by atoms with Gasteiger partial charge in [0.05, 0.1) is 64.7 Å². The predicted octanol–water partition coefficient (Wildman–Crippen LogP) is 3.20. The molecule has 0 radical (unpaired) electrons. The van der Waals surface area contributed by atoms with Crippen molar-refractivity contribution in [2.45, 2.75) is 12.4 Å². The maximum absolute atomic E-state index is 13.4. The molecule has 3 heterocycles. The summed E-state index contributed by atoms with van der Waals surface area (Å²) in [4.78, 5) is 54.8. The maximum Gasteiger partial charge on any atom is 0.417 e. The molecule has 14 nitrogen and oxygen atoms in total. The molecule has 0 spiro atoms. The van der Waals surface area contributed by atoms with Gasteiger partial charge in [0.1, 0.15) is 0 Å². The number of rotatable bonds is 5. The summed E-state index contributed by atoms with van der Waals surface area (Å²) in [5.74, 6) is -0.827. The smallest absolute Gasteiger partial charge is 0.417 e. The normalized spacial score (nSPS) is 11.8. The lowest BCUT2D eigenvalue weighted by Gasteiger charge is -2.15. The highest BCUT2D eigenvalue weighted by atomic mass is 32.2. The number of benzene rings is 2. The van der Waals surface area contributed by atoms with E-state index in [-0.39, 0.29) is 38.3 Å². The van der Waals surface area contributed by atoms with E-state index in [2.05, 4.69) is 29.7 Å². The van der Waals surface area contributed by atoms with Crippen LogP contribution in [-0.2, 0) is 27.1 Å². The summed E-state index contributed by atoms with van der Waals surface area (Å²) in [5.41, 5.74) is -0.795. The van der Waals surface area contributed by atoms with Crippen LogP contribution in [0.4, 0.5) is 32.0 Å². The Hall–Kier alpha value is -5.86. The van der Waals surface area contributed by atoms with Gasteiger partial charge in [0.2, 0.25) is 10.0 Å². The second kappa shape index (κ2) is 13.1. The number of alkyl halides is 6. The van der Waals surface area contributed by atoms with Crippen molar-refractivity contribution in [3.63, 3.8) is 0 Å². The second-order valence-electron chi connectivity index (χ2n) is 9.53. The van der Waals surface area contributed by atoms with Crippen LogP contribution in [0.5, 0.6) is 0 Å². The van der Waals surface area contributed by atoms with Gasteiger partial charge in [-0.1, -0.05) is 0 Å². The van der Waals surface area contributed by atoms with Gasteiger partial charge in [-0.25, -0.2) is 22.8 Å². The molecule has 2 aromatic carbocycles. The Labute approximate surface area is 264 Å². The molecular weight excluding hydrogens is 678 g/mol. The summed E-state index contributed by atoms with van der Waals surface area (Å²) in [5, 5.41) is -0.348. The lowest BCUT2D eigenvalue weighted by atomic mass is 9.99. The fourth-order valence-electron chi connectivity index (χ4n) is 4.18. The van der Waals surface area contributed by atoms with E-state index in [0.29, 0.717) is 18.4 Å². The van der Waals surface area contributed by atoms with Crippen molar-refractivity contribution in [3.05, 3.63) is 99.0 Å². The van der Waals surface area contributed by atoms with Crippen molar-refractivity contribution in [2.24, 2.45) is 0 Å². The number of ether oxygens (including phenoxy) is 1. The average molecular weight is 699 g/mol. The number of esters is 1. The molecule has 0 aliphatic rings. The summed E-state index contributed by atoms with van der Waals surface area (Å²) in [7, 11) is -2.88. The molecule has 0 saturated carbocycles. The molecule has 48 heavy (non-hydrogen) atoms. The Balaban J connectivity index is 0.000000224. The largest absolute Gasteiger partial charge is 0.465 e. The number of nitrogens with two attached hydrogens (primary N) is 1. The number of sulfonamides is 1. The Bertz CT molecular complexity index is 2230. The zero-order chi connectivity index (χ0) is 35.6. The van der Waals surface area contributed by atoms with Crippen LogP contribution in [0.25, 0.3) is 33.4 Å².